The van der Waals surface area contributed by atoms with Crippen molar-refractivity contribution in [2.24, 2.45) is 0 Å². The maximum Gasteiger partial charge on any atom is 0.222 e. The fourth-order valence-electron chi connectivity index (χ4n) is 3.83. The van der Waals surface area contributed by atoms with Crippen molar-refractivity contribution in [2.75, 3.05) is 0 Å². The van der Waals surface area contributed by atoms with Crippen LogP contribution in [-0.4, -0.2) is 10.5 Å². The molecule has 1 heterocycles. The van der Waals surface area contributed by atoms with E-state index in [0.717, 1.165) is 33.6 Å². The lowest BCUT2D eigenvalue weighted by Gasteiger charge is -2.17. The Bertz CT molecular complexity index is 1140. The van der Waals surface area contributed by atoms with Crippen LogP contribution in [-0.2, 0) is 6.54 Å². The Morgan fingerprint density at radius 3 is 1.50 bits per heavy atom. The van der Waals surface area contributed by atoms with E-state index in [4.69, 9.17) is 0 Å². The molecule has 160 valence electrons. The van der Waals surface area contributed by atoms with Gasteiger partial charge in [-0.3, -0.25) is 10.1 Å². The first-order valence-corrected chi connectivity index (χ1v) is 10.8. The summed E-state index contributed by atoms with van der Waals surface area (Å²) in [6, 6.07) is 35.2. The summed E-state index contributed by atoms with van der Waals surface area (Å²) in [6.07, 6.45) is 0.426. The van der Waals surface area contributed by atoms with Crippen LogP contribution in [0.2, 0.25) is 0 Å². The molecule has 0 saturated heterocycles. The third-order valence-corrected chi connectivity index (χ3v) is 5.85. The summed E-state index contributed by atoms with van der Waals surface area (Å²) >= 11 is 0. The quantitative estimate of drug-likeness (QED) is 0.196. The number of rotatable bonds is 7. The highest BCUT2D eigenvalue weighted by Crippen LogP contribution is 2.29. The zero-order valence-corrected chi connectivity index (χ0v) is 18.4. The van der Waals surface area contributed by atoms with Gasteiger partial charge in [0.25, 0.3) is 0 Å². The summed E-state index contributed by atoms with van der Waals surface area (Å²) < 4.78 is 2.22. The van der Waals surface area contributed by atoms with E-state index < -0.39 is 5.54 Å². The molecule has 0 aliphatic carbocycles. The van der Waals surface area contributed by atoms with Gasteiger partial charge in [0.1, 0.15) is 0 Å². The normalized spacial score (nSPS) is 11.3. The largest absolute Gasteiger partial charge is 0.264 e. The minimum atomic E-state index is -1.01. The summed E-state index contributed by atoms with van der Waals surface area (Å²) in [4.78, 5) is 11.4. The highest BCUT2D eigenvalue weighted by atomic mass is 16.6. The smallest absolute Gasteiger partial charge is 0.222 e. The molecule has 1 aromatic heterocycles. The van der Waals surface area contributed by atoms with E-state index in [1.807, 2.05) is 54.6 Å². The van der Waals surface area contributed by atoms with Crippen LogP contribution in [0.3, 0.4) is 0 Å². The zero-order chi connectivity index (χ0) is 22.6. The molecule has 0 spiro atoms. The highest BCUT2D eigenvalue weighted by Gasteiger charge is 2.34. The predicted molar refractivity (Wildman–Crippen MR) is 129 cm³/mol. The molecule has 0 fully saturated rings. The van der Waals surface area contributed by atoms with Crippen LogP contribution in [0.15, 0.2) is 103 Å². The first-order valence-electron chi connectivity index (χ1n) is 10.8. The van der Waals surface area contributed by atoms with E-state index in [9.17, 15) is 10.1 Å². The minimum Gasteiger partial charge on any atom is -0.264 e. The molecule has 0 N–H and O–H groups in total. The van der Waals surface area contributed by atoms with E-state index in [-0.39, 0.29) is 4.92 Å². The van der Waals surface area contributed by atoms with Crippen LogP contribution in [0.25, 0.3) is 33.6 Å². The second-order valence-electron chi connectivity index (χ2n) is 8.58. The van der Waals surface area contributed by atoms with Gasteiger partial charge >= 0.3 is 0 Å². The first-order chi connectivity index (χ1) is 15.5. The Labute approximate surface area is 189 Å². The van der Waals surface area contributed by atoms with Crippen molar-refractivity contribution in [1.82, 2.24) is 0 Å². The van der Waals surface area contributed by atoms with Crippen LogP contribution in [0, 0.1) is 10.1 Å². The highest BCUT2D eigenvalue weighted by molar-refractivity contribution is 5.73. The number of hydrogen-bond acceptors (Lipinski definition) is 2. The molecule has 0 atom stereocenters. The summed E-state index contributed by atoms with van der Waals surface area (Å²) in [6.45, 7) is 3.92. The van der Waals surface area contributed by atoms with Gasteiger partial charge in [0.15, 0.2) is 6.54 Å². The molecule has 0 unspecified atom stereocenters. The molecule has 0 saturated carbocycles. The molecule has 4 rings (SSSR count). The van der Waals surface area contributed by atoms with Gasteiger partial charge in [-0.05, 0) is 35.4 Å². The molecule has 4 aromatic rings. The Morgan fingerprint density at radius 1 is 0.688 bits per heavy atom. The molecule has 4 heteroatoms. The Balaban J connectivity index is 1.95. The number of aromatic nitrogens is 1. The van der Waals surface area contributed by atoms with Crippen LogP contribution in [0.5, 0.6) is 0 Å². The van der Waals surface area contributed by atoms with E-state index >= 15 is 0 Å². The molecule has 0 amide bonds. The minimum absolute atomic E-state index is 0.184. The zero-order valence-electron chi connectivity index (χ0n) is 18.4. The SMILES string of the molecule is CC(C)(CC[n+]1c(-c2ccccc2)cc(-c2ccccc2)cc1-c1ccccc1)[N+](=O)[O-]. The summed E-state index contributed by atoms with van der Waals surface area (Å²) in [7, 11) is 0. The van der Waals surface area contributed by atoms with Gasteiger partial charge in [0.2, 0.25) is 16.9 Å². The van der Waals surface area contributed by atoms with E-state index in [1.54, 1.807) is 13.8 Å². The number of benzene rings is 3. The van der Waals surface area contributed by atoms with Gasteiger partial charge in [-0.25, -0.2) is 0 Å². The fraction of sp³-hybridized carbons (Fsp3) is 0.179. The van der Waals surface area contributed by atoms with Gasteiger partial charge < -0.3 is 0 Å². The molecule has 0 bridgehead atoms. The van der Waals surface area contributed by atoms with Gasteiger partial charge in [0.05, 0.1) is 6.42 Å². The Morgan fingerprint density at radius 2 is 1.09 bits per heavy atom. The summed E-state index contributed by atoms with van der Waals surface area (Å²) in [5, 5.41) is 11.6. The Kier molecular flexibility index (Phi) is 6.13. The summed E-state index contributed by atoms with van der Waals surface area (Å²) in [5.74, 6) is 0. The average molecular weight is 424 g/mol. The molecular weight excluding hydrogens is 396 g/mol. The lowest BCUT2D eigenvalue weighted by molar-refractivity contribution is -0.685. The molecule has 32 heavy (non-hydrogen) atoms. The number of pyridine rings is 1. The standard InChI is InChI=1S/C28H27N2O2/c1-28(2,30(31)32)18-19-29-26(23-14-8-4-9-15-23)20-25(22-12-6-3-7-13-22)21-27(29)24-16-10-5-11-17-24/h3-17,20-21H,18-19H2,1-2H3/q+1. The van der Waals surface area contributed by atoms with Crippen molar-refractivity contribution in [3.05, 3.63) is 113 Å². The van der Waals surface area contributed by atoms with Crippen molar-refractivity contribution >= 4 is 0 Å². The third-order valence-electron chi connectivity index (χ3n) is 5.85. The second kappa shape index (κ2) is 9.15. The lowest BCUT2D eigenvalue weighted by Crippen LogP contribution is -2.44. The van der Waals surface area contributed by atoms with Crippen molar-refractivity contribution in [2.45, 2.75) is 32.4 Å². The number of nitrogens with zero attached hydrogens (tertiary/aromatic N) is 2. The van der Waals surface area contributed by atoms with E-state index in [1.165, 1.54) is 0 Å². The van der Waals surface area contributed by atoms with Crippen LogP contribution < -0.4 is 4.57 Å². The van der Waals surface area contributed by atoms with Gasteiger partial charge in [0, 0.05) is 42.0 Å². The maximum atomic E-state index is 11.6. The van der Waals surface area contributed by atoms with Crippen LogP contribution >= 0.6 is 0 Å². The van der Waals surface area contributed by atoms with E-state index in [2.05, 4.69) is 53.1 Å². The van der Waals surface area contributed by atoms with E-state index in [0.29, 0.717) is 13.0 Å². The van der Waals surface area contributed by atoms with Crippen molar-refractivity contribution in [3.63, 3.8) is 0 Å². The lowest BCUT2D eigenvalue weighted by atomic mass is 9.97. The maximum absolute atomic E-state index is 11.6. The van der Waals surface area contributed by atoms with Crippen LogP contribution in [0.1, 0.15) is 20.3 Å². The fourth-order valence-corrected chi connectivity index (χ4v) is 3.83. The molecule has 0 aliphatic heterocycles. The molecule has 3 aromatic carbocycles. The Hall–Kier alpha value is -3.79. The molecule has 0 aliphatic rings. The first kappa shape index (κ1) is 21.4. The number of hydrogen-bond donors (Lipinski definition) is 0. The second-order valence-corrected chi connectivity index (χ2v) is 8.58. The topological polar surface area (TPSA) is 47.0 Å². The van der Waals surface area contributed by atoms with Gasteiger partial charge in [-0.15, -0.1) is 0 Å². The van der Waals surface area contributed by atoms with Crippen molar-refractivity contribution in [3.8, 4) is 33.6 Å². The van der Waals surface area contributed by atoms with Gasteiger partial charge in [-0.2, -0.15) is 4.57 Å². The summed E-state index contributed by atoms with van der Waals surface area (Å²) in [5.41, 5.74) is 5.51. The van der Waals surface area contributed by atoms with Crippen LogP contribution in [0.4, 0.5) is 0 Å². The molecule has 4 nitrogen and oxygen atoms in total. The average Bonchev–Trinajstić information content (AvgIpc) is 2.84. The predicted octanol–water partition coefficient (Wildman–Crippen LogP) is 6.42. The third kappa shape index (κ3) is 4.59. The number of nitro groups is 1. The monoisotopic (exact) mass is 423 g/mol. The van der Waals surface area contributed by atoms with Crippen molar-refractivity contribution < 1.29 is 9.49 Å². The molecular formula is C28H27N2O2+. The molecule has 0 radical (unpaired) electrons. The van der Waals surface area contributed by atoms with Crippen molar-refractivity contribution in [1.29, 1.82) is 0 Å². The van der Waals surface area contributed by atoms with Gasteiger partial charge in [-0.1, -0.05) is 66.7 Å².